The third-order valence-electron chi connectivity index (χ3n) is 3.51. The van der Waals surface area contributed by atoms with E-state index >= 15 is 0 Å². The average molecular weight is 317 g/mol. The largest absolute Gasteiger partial charge is 0.322 e. The average Bonchev–Trinajstić information content (AvgIpc) is 2.47. The molecule has 0 saturated carbocycles. The topological polar surface area (TPSA) is 38.9 Å². The van der Waals surface area contributed by atoms with Crippen LogP contribution in [0, 0.1) is 0 Å². The molecule has 21 heavy (non-hydrogen) atoms. The fourth-order valence-electron chi connectivity index (χ4n) is 2.50. The first-order valence-corrected chi connectivity index (χ1v) is 7.44. The summed E-state index contributed by atoms with van der Waals surface area (Å²) in [6.45, 7) is 0. The second kappa shape index (κ2) is 6.02. The number of nitrogens with two attached hydrogens (primary N) is 1. The highest BCUT2D eigenvalue weighted by molar-refractivity contribution is 6.34. The maximum Gasteiger partial charge on any atom is 0.0761 e. The number of fused-ring (bicyclic) bond motifs is 1. The van der Waals surface area contributed by atoms with E-state index in [1.165, 1.54) is 16.3 Å². The molecule has 2 aromatic carbocycles. The van der Waals surface area contributed by atoms with Gasteiger partial charge in [-0.3, -0.25) is 4.98 Å². The molecule has 3 rings (SSSR count). The summed E-state index contributed by atoms with van der Waals surface area (Å²) in [6, 6.07) is 15.9. The van der Waals surface area contributed by atoms with Crippen molar-refractivity contribution in [1.82, 2.24) is 4.98 Å². The molecule has 1 heterocycles. The van der Waals surface area contributed by atoms with Gasteiger partial charge in [-0.2, -0.15) is 0 Å². The van der Waals surface area contributed by atoms with Crippen LogP contribution in [0.3, 0.4) is 0 Å². The maximum absolute atomic E-state index is 6.28. The number of hydrogen-bond donors (Lipinski definition) is 1. The van der Waals surface area contributed by atoms with Gasteiger partial charge >= 0.3 is 0 Å². The van der Waals surface area contributed by atoms with E-state index in [9.17, 15) is 0 Å². The summed E-state index contributed by atoms with van der Waals surface area (Å²) in [7, 11) is 0. The highest BCUT2D eigenvalue weighted by Gasteiger charge is 2.14. The number of aromatic nitrogens is 1. The van der Waals surface area contributed by atoms with Crippen molar-refractivity contribution in [2.45, 2.75) is 12.5 Å². The molecule has 0 aliphatic heterocycles. The van der Waals surface area contributed by atoms with E-state index in [1.54, 1.807) is 12.3 Å². The predicted octanol–water partition coefficient (Wildman–Crippen LogP) is 4.78. The number of rotatable bonds is 3. The minimum absolute atomic E-state index is 0.263. The van der Waals surface area contributed by atoms with Gasteiger partial charge < -0.3 is 5.73 Å². The van der Waals surface area contributed by atoms with E-state index in [1.807, 2.05) is 18.2 Å². The molecule has 1 atom stereocenters. The lowest BCUT2D eigenvalue weighted by Gasteiger charge is -2.14. The molecule has 4 heteroatoms. The maximum atomic E-state index is 6.28. The molecular formula is C17H14Cl2N2. The van der Waals surface area contributed by atoms with Crippen LogP contribution in [0.1, 0.15) is 17.3 Å². The van der Waals surface area contributed by atoms with E-state index in [-0.39, 0.29) is 6.04 Å². The zero-order valence-electron chi connectivity index (χ0n) is 11.3. The molecule has 1 unspecified atom stereocenters. The van der Waals surface area contributed by atoms with Gasteiger partial charge in [0.15, 0.2) is 0 Å². The number of pyridine rings is 1. The van der Waals surface area contributed by atoms with Crippen LogP contribution in [0.5, 0.6) is 0 Å². The fourth-order valence-corrected chi connectivity index (χ4v) is 3.02. The summed E-state index contributed by atoms with van der Waals surface area (Å²) in [5.41, 5.74) is 8.14. The van der Waals surface area contributed by atoms with Gasteiger partial charge in [-0.15, -0.1) is 0 Å². The SMILES string of the molecule is NC(Cc1cccc2ccccc12)c1ncc(Cl)cc1Cl. The summed E-state index contributed by atoms with van der Waals surface area (Å²) in [4.78, 5) is 4.27. The highest BCUT2D eigenvalue weighted by Crippen LogP contribution is 2.27. The van der Waals surface area contributed by atoms with Crippen molar-refractivity contribution >= 4 is 34.0 Å². The molecule has 0 aliphatic rings. The molecular weight excluding hydrogens is 303 g/mol. The van der Waals surface area contributed by atoms with Crippen LogP contribution in [0.4, 0.5) is 0 Å². The van der Waals surface area contributed by atoms with Gasteiger partial charge in [-0.05, 0) is 28.8 Å². The van der Waals surface area contributed by atoms with Crippen molar-refractivity contribution in [3.05, 3.63) is 76.0 Å². The lowest BCUT2D eigenvalue weighted by molar-refractivity contribution is 0.700. The number of hydrogen-bond acceptors (Lipinski definition) is 2. The third kappa shape index (κ3) is 3.03. The van der Waals surface area contributed by atoms with E-state index in [2.05, 4.69) is 29.2 Å². The Morgan fingerprint density at radius 3 is 2.62 bits per heavy atom. The molecule has 0 radical (unpaired) electrons. The highest BCUT2D eigenvalue weighted by atomic mass is 35.5. The Bertz CT molecular complexity index is 781. The van der Waals surface area contributed by atoms with Crippen LogP contribution in [0.15, 0.2) is 54.7 Å². The summed E-state index contributed by atoms with van der Waals surface area (Å²) in [5, 5.41) is 3.44. The molecule has 1 aromatic heterocycles. The zero-order valence-corrected chi connectivity index (χ0v) is 12.8. The summed E-state index contributed by atoms with van der Waals surface area (Å²) < 4.78 is 0. The second-order valence-corrected chi connectivity index (χ2v) is 5.81. The van der Waals surface area contributed by atoms with Crippen molar-refractivity contribution in [3.8, 4) is 0 Å². The van der Waals surface area contributed by atoms with E-state index in [4.69, 9.17) is 28.9 Å². The normalized spacial score (nSPS) is 12.5. The standard InChI is InChI=1S/C17H14Cl2N2/c18-13-9-15(19)17(21-10-13)16(20)8-12-6-3-5-11-4-1-2-7-14(11)12/h1-7,9-10,16H,8,20H2. The van der Waals surface area contributed by atoms with Gasteiger partial charge in [0.1, 0.15) is 0 Å². The van der Waals surface area contributed by atoms with Crippen molar-refractivity contribution < 1.29 is 0 Å². The van der Waals surface area contributed by atoms with E-state index in [0.29, 0.717) is 22.2 Å². The summed E-state index contributed by atoms with van der Waals surface area (Å²) in [6.07, 6.45) is 2.25. The van der Waals surface area contributed by atoms with Gasteiger partial charge in [0.2, 0.25) is 0 Å². The van der Waals surface area contributed by atoms with E-state index < -0.39 is 0 Å². The molecule has 0 bridgehead atoms. The van der Waals surface area contributed by atoms with Crippen LogP contribution < -0.4 is 5.73 Å². The first-order chi connectivity index (χ1) is 10.1. The Kier molecular flexibility index (Phi) is 4.11. The molecule has 2 N–H and O–H groups in total. The molecule has 2 nitrogen and oxygen atoms in total. The minimum Gasteiger partial charge on any atom is -0.322 e. The Balaban J connectivity index is 1.94. The molecule has 0 amide bonds. The van der Waals surface area contributed by atoms with Crippen molar-refractivity contribution in [2.75, 3.05) is 0 Å². The third-order valence-corrected chi connectivity index (χ3v) is 4.02. The predicted molar refractivity (Wildman–Crippen MR) is 88.8 cm³/mol. The van der Waals surface area contributed by atoms with Crippen LogP contribution in [0.2, 0.25) is 10.0 Å². The smallest absolute Gasteiger partial charge is 0.0761 e. The summed E-state index contributed by atoms with van der Waals surface area (Å²) in [5.74, 6) is 0. The van der Waals surface area contributed by atoms with Crippen LogP contribution in [-0.4, -0.2) is 4.98 Å². The molecule has 0 aliphatic carbocycles. The zero-order chi connectivity index (χ0) is 14.8. The Labute approximate surface area is 133 Å². The Hall–Kier alpha value is -1.61. The molecule has 3 aromatic rings. The van der Waals surface area contributed by atoms with E-state index in [0.717, 1.165) is 0 Å². The molecule has 0 saturated heterocycles. The van der Waals surface area contributed by atoms with Gasteiger partial charge in [0.25, 0.3) is 0 Å². The van der Waals surface area contributed by atoms with Gasteiger partial charge in [0, 0.05) is 6.20 Å². The first-order valence-electron chi connectivity index (χ1n) is 6.68. The molecule has 106 valence electrons. The van der Waals surface area contributed by atoms with Crippen LogP contribution in [-0.2, 0) is 6.42 Å². The Morgan fingerprint density at radius 2 is 1.81 bits per heavy atom. The monoisotopic (exact) mass is 316 g/mol. The quantitative estimate of drug-likeness (QED) is 0.755. The van der Waals surface area contributed by atoms with Crippen molar-refractivity contribution in [2.24, 2.45) is 5.73 Å². The first kappa shape index (κ1) is 14.3. The second-order valence-electron chi connectivity index (χ2n) is 4.97. The number of nitrogens with zero attached hydrogens (tertiary/aromatic N) is 1. The van der Waals surface area contributed by atoms with Gasteiger partial charge in [-0.25, -0.2) is 0 Å². The fraction of sp³-hybridized carbons (Fsp3) is 0.118. The van der Waals surface area contributed by atoms with Crippen LogP contribution >= 0.6 is 23.2 Å². The van der Waals surface area contributed by atoms with Crippen molar-refractivity contribution in [3.63, 3.8) is 0 Å². The van der Waals surface area contributed by atoms with Crippen LogP contribution in [0.25, 0.3) is 10.8 Å². The van der Waals surface area contributed by atoms with Gasteiger partial charge in [0.05, 0.1) is 21.8 Å². The molecule has 0 fully saturated rings. The van der Waals surface area contributed by atoms with Crippen molar-refractivity contribution in [1.29, 1.82) is 0 Å². The lowest BCUT2D eigenvalue weighted by atomic mass is 9.97. The number of halogens is 2. The Morgan fingerprint density at radius 1 is 1.05 bits per heavy atom. The lowest BCUT2D eigenvalue weighted by Crippen LogP contribution is -2.15. The minimum atomic E-state index is -0.263. The molecule has 0 spiro atoms. The number of benzene rings is 2. The van der Waals surface area contributed by atoms with Gasteiger partial charge in [-0.1, -0.05) is 65.7 Å². The summed E-state index contributed by atoms with van der Waals surface area (Å²) >= 11 is 12.1.